The number of nitrogen functional groups attached to an aromatic ring is 1. The van der Waals surface area contributed by atoms with Crippen molar-refractivity contribution in [3.63, 3.8) is 0 Å². The Bertz CT molecular complexity index is 1430. The zero-order chi connectivity index (χ0) is 29.8. The molecule has 214 valence electrons. The van der Waals surface area contributed by atoms with Crippen LogP contribution >= 0.6 is 35.0 Å². The maximum atomic E-state index is 12.7. The standard InChI is InChI=1S/C19H17Cl2NO4.C8H14N4OS/c1-2-26-19(25)16(21)10-11-9-12(7-8-15(11)20)22-17(23)13-5-3-4-6-14(13)18(22)24;1-8(2,3)5-6(13)12(9)7(14-4)11-10-5/h7-10H,2-6H2,1H3;9H2,1-4H3/b16-10-;. The van der Waals surface area contributed by atoms with Crippen molar-refractivity contribution < 1.29 is 19.1 Å². The lowest BCUT2D eigenvalue weighted by molar-refractivity contribution is -0.137. The predicted molar refractivity (Wildman–Crippen MR) is 157 cm³/mol. The van der Waals surface area contributed by atoms with Gasteiger partial charge < -0.3 is 10.6 Å². The number of aromatic nitrogens is 3. The summed E-state index contributed by atoms with van der Waals surface area (Å²) in [4.78, 5) is 49.9. The van der Waals surface area contributed by atoms with Crippen LogP contribution in [0, 0.1) is 0 Å². The average molecular weight is 609 g/mol. The van der Waals surface area contributed by atoms with Crippen LogP contribution in [0.4, 0.5) is 5.69 Å². The second-order valence-electron chi connectivity index (χ2n) is 9.99. The quantitative estimate of drug-likeness (QED) is 0.170. The molecule has 1 aliphatic heterocycles. The van der Waals surface area contributed by atoms with Crippen molar-refractivity contribution in [2.24, 2.45) is 0 Å². The summed E-state index contributed by atoms with van der Waals surface area (Å²) in [6, 6.07) is 4.74. The summed E-state index contributed by atoms with van der Waals surface area (Å²) in [7, 11) is 0. The van der Waals surface area contributed by atoms with Crippen LogP contribution < -0.4 is 16.3 Å². The van der Waals surface area contributed by atoms with Gasteiger partial charge in [0.25, 0.3) is 17.4 Å². The molecule has 1 aromatic carbocycles. The van der Waals surface area contributed by atoms with E-state index < -0.39 is 5.97 Å². The van der Waals surface area contributed by atoms with Crippen LogP contribution in [-0.4, -0.2) is 45.5 Å². The number of rotatable bonds is 5. The molecule has 2 amide bonds. The second-order valence-corrected chi connectivity index (χ2v) is 11.6. The normalized spacial score (nSPS) is 15.6. The molecule has 0 fully saturated rings. The predicted octanol–water partition coefficient (Wildman–Crippen LogP) is 4.60. The summed E-state index contributed by atoms with van der Waals surface area (Å²) in [6.07, 6.45) is 6.25. The molecule has 0 saturated carbocycles. The summed E-state index contributed by atoms with van der Waals surface area (Å²) in [5, 5.41) is 8.40. The number of carbonyl (C=O) groups excluding carboxylic acids is 3. The first-order valence-electron chi connectivity index (χ1n) is 12.6. The first-order chi connectivity index (χ1) is 18.8. The topological polar surface area (TPSA) is 137 Å². The number of benzene rings is 1. The van der Waals surface area contributed by atoms with E-state index in [0.717, 1.165) is 17.5 Å². The second kappa shape index (κ2) is 13.0. The number of thioether (sulfide) groups is 1. The van der Waals surface area contributed by atoms with E-state index in [-0.39, 0.29) is 34.4 Å². The van der Waals surface area contributed by atoms with Crippen LogP contribution in [0.25, 0.3) is 6.08 Å². The number of nitrogens with two attached hydrogens (primary N) is 1. The van der Waals surface area contributed by atoms with Gasteiger partial charge in [-0.2, -0.15) is 4.68 Å². The Kier molecular flexibility index (Phi) is 10.2. The fourth-order valence-electron chi connectivity index (χ4n) is 4.14. The number of amides is 2. The van der Waals surface area contributed by atoms with Gasteiger partial charge in [0.15, 0.2) is 0 Å². The monoisotopic (exact) mass is 607 g/mol. The lowest BCUT2D eigenvalue weighted by Crippen LogP contribution is -2.37. The number of hydrogen-bond acceptors (Lipinski definition) is 9. The van der Waals surface area contributed by atoms with E-state index in [1.54, 1.807) is 31.4 Å². The van der Waals surface area contributed by atoms with Gasteiger partial charge >= 0.3 is 5.97 Å². The molecule has 0 atom stereocenters. The van der Waals surface area contributed by atoms with E-state index in [1.807, 2.05) is 20.8 Å². The van der Waals surface area contributed by atoms with Gasteiger partial charge in [0.1, 0.15) is 10.7 Å². The molecule has 13 heteroatoms. The Morgan fingerprint density at radius 3 is 2.25 bits per heavy atom. The van der Waals surface area contributed by atoms with Gasteiger partial charge in [-0.05, 0) is 68.7 Å². The first-order valence-corrected chi connectivity index (χ1v) is 14.5. The number of nitrogens with zero attached hydrogens (tertiary/aromatic N) is 4. The van der Waals surface area contributed by atoms with Gasteiger partial charge in [-0.15, -0.1) is 10.2 Å². The molecule has 1 aliphatic carbocycles. The minimum atomic E-state index is -0.666. The highest BCUT2D eigenvalue weighted by Gasteiger charge is 2.39. The van der Waals surface area contributed by atoms with Crippen LogP contribution in [0.1, 0.15) is 64.6 Å². The maximum absolute atomic E-state index is 12.7. The number of ether oxygens (including phenoxy) is 1. The zero-order valence-electron chi connectivity index (χ0n) is 22.9. The number of carbonyl (C=O) groups is 3. The van der Waals surface area contributed by atoms with Gasteiger partial charge in [0.2, 0.25) is 5.16 Å². The van der Waals surface area contributed by atoms with Crippen molar-refractivity contribution in [2.45, 2.75) is 63.9 Å². The van der Waals surface area contributed by atoms with Crippen LogP contribution in [0.5, 0.6) is 0 Å². The van der Waals surface area contributed by atoms with Gasteiger partial charge in [-0.25, -0.2) is 9.69 Å². The third-order valence-electron chi connectivity index (χ3n) is 6.14. The lowest BCUT2D eigenvalue weighted by Gasteiger charge is -2.16. The third kappa shape index (κ3) is 6.76. The van der Waals surface area contributed by atoms with Crippen molar-refractivity contribution in [2.75, 3.05) is 23.6 Å². The van der Waals surface area contributed by atoms with E-state index in [2.05, 4.69) is 10.2 Å². The molecule has 2 aromatic rings. The molecule has 2 N–H and O–H groups in total. The van der Waals surface area contributed by atoms with Crippen LogP contribution in [0.15, 0.2) is 44.3 Å². The molecule has 2 heterocycles. The SMILES string of the molecule is CCOC(=O)/C(Cl)=C/c1cc(N2C(=O)C3=C(CCCC3)C2=O)ccc1Cl.CSc1nnc(C(C)(C)C)c(=O)n1N. The summed E-state index contributed by atoms with van der Waals surface area (Å²) in [5.41, 5.74) is 1.82. The number of imide groups is 1. The van der Waals surface area contributed by atoms with E-state index in [1.165, 1.54) is 22.7 Å². The van der Waals surface area contributed by atoms with Crippen molar-refractivity contribution in [3.8, 4) is 0 Å². The van der Waals surface area contributed by atoms with Crippen molar-refractivity contribution >= 4 is 64.5 Å². The molecular formula is C27H31Cl2N5O5S. The number of halogens is 2. The minimum Gasteiger partial charge on any atom is -0.462 e. The van der Waals surface area contributed by atoms with Crippen molar-refractivity contribution in [3.05, 3.63) is 61.0 Å². The molecular weight excluding hydrogens is 577 g/mol. The number of esters is 1. The van der Waals surface area contributed by atoms with Gasteiger partial charge in [-0.3, -0.25) is 14.4 Å². The van der Waals surface area contributed by atoms with E-state index in [4.69, 9.17) is 33.8 Å². The van der Waals surface area contributed by atoms with E-state index in [9.17, 15) is 19.2 Å². The molecule has 0 bridgehead atoms. The minimum absolute atomic E-state index is 0.137. The molecule has 4 rings (SSSR count). The summed E-state index contributed by atoms with van der Waals surface area (Å²) < 4.78 is 5.88. The van der Waals surface area contributed by atoms with Crippen molar-refractivity contribution in [1.29, 1.82) is 0 Å². The molecule has 0 radical (unpaired) electrons. The zero-order valence-corrected chi connectivity index (χ0v) is 25.2. The van der Waals surface area contributed by atoms with E-state index in [0.29, 0.717) is 51.1 Å². The molecule has 0 saturated heterocycles. The highest BCUT2D eigenvalue weighted by atomic mass is 35.5. The lowest BCUT2D eigenvalue weighted by atomic mass is 9.93. The van der Waals surface area contributed by atoms with Crippen LogP contribution in [0.3, 0.4) is 0 Å². The molecule has 10 nitrogen and oxygen atoms in total. The Morgan fingerprint density at radius 2 is 1.73 bits per heavy atom. The average Bonchev–Trinajstić information content (AvgIpc) is 3.16. The highest BCUT2D eigenvalue weighted by molar-refractivity contribution is 7.98. The fourth-order valence-corrected chi connectivity index (χ4v) is 4.89. The molecule has 1 aromatic heterocycles. The third-order valence-corrected chi connectivity index (χ3v) is 7.39. The van der Waals surface area contributed by atoms with Gasteiger partial charge in [-0.1, -0.05) is 55.7 Å². The van der Waals surface area contributed by atoms with Gasteiger partial charge in [0.05, 0.1) is 12.3 Å². The summed E-state index contributed by atoms with van der Waals surface area (Å²) in [5.74, 6) is 4.35. The van der Waals surface area contributed by atoms with Crippen LogP contribution in [0.2, 0.25) is 5.02 Å². The van der Waals surface area contributed by atoms with Gasteiger partial charge in [0, 0.05) is 21.6 Å². The maximum Gasteiger partial charge on any atom is 0.349 e. The Labute approximate surface area is 246 Å². The van der Waals surface area contributed by atoms with Crippen molar-refractivity contribution in [1.82, 2.24) is 14.9 Å². The molecule has 0 unspecified atom stereocenters. The fraction of sp³-hybridized carbons (Fsp3) is 0.407. The van der Waals surface area contributed by atoms with E-state index >= 15 is 0 Å². The summed E-state index contributed by atoms with van der Waals surface area (Å²) >= 11 is 13.4. The highest BCUT2D eigenvalue weighted by Crippen LogP contribution is 2.37. The smallest absolute Gasteiger partial charge is 0.349 e. The molecule has 2 aliphatic rings. The Morgan fingerprint density at radius 1 is 1.12 bits per heavy atom. The first kappa shape index (κ1) is 31.4. The summed E-state index contributed by atoms with van der Waals surface area (Å²) in [6.45, 7) is 7.57. The largest absolute Gasteiger partial charge is 0.462 e. The number of hydrogen-bond donors (Lipinski definition) is 1. The van der Waals surface area contributed by atoms with Crippen LogP contribution in [-0.2, 0) is 24.5 Å². The molecule has 40 heavy (non-hydrogen) atoms. The molecule has 0 spiro atoms. The number of anilines is 1. The Hall–Kier alpha value is -3.15. The Balaban J connectivity index is 0.000000267.